The van der Waals surface area contributed by atoms with E-state index in [1.165, 1.54) is 5.69 Å². The van der Waals surface area contributed by atoms with Gasteiger partial charge in [-0.1, -0.05) is 25.1 Å². The average molecular weight is 332 g/mol. The molecule has 1 heterocycles. The predicted octanol–water partition coefficient (Wildman–Crippen LogP) is 0.793. The number of piperazine rings is 1. The first-order valence-corrected chi connectivity index (χ1v) is 8.63. The number of para-hydroxylation sites is 1. The van der Waals surface area contributed by atoms with Gasteiger partial charge in [0.1, 0.15) is 0 Å². The van der Waals surface area contributed by atoms with Crippen LogP contribution in [0.5, 0.6) is 0 Å². The SMILES string of the molecule is CCCNC(=O)CN(C)CC(=O)N1CCN(c2ccccc2)CC1. The maximum atomic E-state index is 12.4. The highest BCUT2D eigenvalue weighted by molar-refractivity contribution is 5.81. The summed E-state index contributed by atoms with van der Waals surface area (Å²) >= 11 is 0. The second-order valence-corrected chi connectivity index (χ2v) is 6.23. The van der Waals surface area contributed by atoms with Crippen LogP contribution in [-0.4, -0.2) is 74.5 Å². The molecule has 0 aromatic heterocycles. The monoisotopic (exact) mass is 332 g/mol. The van der Waals surface area contributed by atoms with Gasteiger partial charge in [0.15, 0.2) is 0 Å². The first-order chi connectivity index (χ1) is 11.6. The summed E-state index contributed by atoms with van der Waals surface area (Å²) in [5.41, 5.74) is 1.20. The molecule has 1 saturated heterocycles. The van der Waals surface area contributed by atoms with E-state index in [1.54, 1.807) is 4.90 Å². The molecule has 24 heavy (non-hydrogen) atoms. The predicted molar refractivity (Wildman–Crippen MR) is 96.0 cm³/mol. The quantitative estimate of drug-likeness (QED) is 0.802. The van der Waals surface area contributed by atoms with Gasteiger partial charge in [-0.05, 0) is 25.6 Å². The second-order valence-electron chi connectivity index (χ2n) is 6.23. The zero-order valence-electron chi connectivity index (χ0n) is 14.7. The van der Waals surface area contributed by atoms with Gasteiger partial charge in [0.2, 0.25) is 11.8 Å². The van der Waals surface area contributed by atoms with E-state index in [0.29, 0.717) is 6.54 Å². The fourth-order valence-corrected chi connectivity index (χ4v) is 2.81. The minimum absolute atomic E-state index is 0.0268. The molecular weight excluding hydrogens is 304 g/mol. The number of carbonyl (C=O) groups excluding carboxylic acids is 2. The van der Waals surface area contributed by atoms with Crippen molar-refractivity contribution in [3.05, 3.63) is 30.3 Å². The molecule has 2 amide bonds. The summed E-state index contributed by atoms with van der Waals surface area (Å²) in [5.74, 6) is 0.0644. The smallest absolute Gasteiger partial charge is 0.236 e. The van der Waals surface area contributed by atoms with Crippen molar-refractivity contribution in [1.29, 1.82) is 0 Å². The third-order valence-electron chi connectivity index (χ3n) is 4.14. The van der Waals surface area contributed by atoms with Gasteiger partial charge in [-0.3, -0.25) is 14.5 Å². The molecule has 132 valence electrons. The Balaban J connectivity index is 1.73. The first kappa shape index (κ1) is 18.3. The van der Waals surface area contributed by atoms with Crippen LogP contribution in [0, 0.1) is 0 Å². The average Bonchev–Trinajstić information content (AvgIpc) is 2.60. The number of carbonyl (C=O) groups is 2. The second kappa shape index (κ2) is 9.27. The Morgan fingerprint density at radius 2 is 1.75 bits per heavy atom. The van der Waals surface area contributed by atoms with Crippen LogP contribution in [0.15, 0.2) is 30.3 Å². The zero-order chi connectivity index (χ0) is 17.4. The number of nitrogens with zero attached hydrogens (tertiary/aromatic N) is 3. The molecule has 6 heteroatoms. The van der Waals surface area contributed by atoms with E-state index in [0.717, 1.165) is 32.6 Å². The van der Waals surface area contributed by atoms with Gasteiger partial charge < -0.3 is 15.1 Å². The van der Waals surface area contributed by atoms with E-state index in [-0.39, 0.29) is 24.9 Å². The number of hydrogen-bond donors (Lipinski definition) is 1. The van der Waals surface area contributed by atoms with E-state index in [9.17, 15) is 9.59 Å². The number of likely N-dealkylation sites (N-methyl/N-ethyl adjacent to an activating group) is 1. The molecule has 1 aliphatic rings. The summed E-state index contributed by atoms with van der Waals surface area (Å²) in [5, 5.41) is 2.83. The number of amides is 2. The van der Waals surface area contributed by atoms with E-state index < -0.39 is 0 Å². The standard InChI is InChI=1S/C18H28N4O2/c1-3-9-19-17(23)14-20(2)15-18(24)22-12-10-21(11-13-22)16-7-5-4-6-8-16/h4-8H,3,9-15H2,1-2H3,(H,19,23). The lowest BCUT2D eigenvalue weighted by Gasteiger charge is -2.36. The fourth-order valence-electron chi connectivity index (χ4n) is 2.81. The minimum atomic E-state index is -0.0268. The number of benzene rings is 1. The zero-order valence-corrected chi connectivity index (χ0v) is 14.7. The third-order valence-corrected chi connectivity index (χ3v) is 4.14. The third kappa shape index (κ3) is 5.53. The van der Waals surface area contributed by atoms with Crippen molar-refractivity contribution >= 4 is 17.5 Å². The van der Waals surface area contributed by atoms with E-state index >= 15 is 0 Å². The highest BCUT2D eigenvalue weighted by Crippen LogP contribution is 2.15. The molecule has 0 aliphatic carbocycles. The molecule has 1 aromatic carbocycles. The van der Waals surface area contributed by atoms with Crippen LogP contribution in [0.25, 0.3) is 0 Å². The van der Waals surface area contributed by atoms with Crippen LogP contribution in [0.3, 0.4) is 0 Å². The topological polar surface area (TPSA) is 55.9 Å². The van der Waals surface area contributed by atoms with Crippen LogP contribution in [0.1, 0.15) is 13.3 Å². The molecule has 2 rings (SSSR count). The molecule has 0 spiro atoms. The summed E-state index contributed by atoms with van der Waals surface area (Å²) in [4.78, 5) is 30.0. The molecule has 1 fully saturated rings. The molecule has 0 radical (unpaired) electrons. The van der Waals surface area contributed by atoms with Crippen LogP contribution in [0.4, 0.5) is 5.69 Å². The fraction of sp³-hybridized carbons (Fsp3) is 0.556. The van der Waals surface area contributed by atoms with Gasteiger partial charge in [-0.15, -0.1) is 0 Å². The number of hydrogen-bond acceptors (Lipinski definition) is 4. The van der Waals surface area contributed by atoms with Gasteiger partial charge in [-0.2, -0.15) is 0 Å². The summed E-state index contributed by atoms with van der Waals surface area (Å²) in [7, 11) is 1.81. The largest absolute Gasteiger partial charge is 0.368 e. The highest BCUT2D eigenvalue weighted by Gasteiger charge is 2.22. The maximum absolute atomic E-state index is 12.4. The Hall–Kier alpha value is -2.08. The Bertz CT molecular complexity index is 527. The van der Waals surface area contributed by atoms with Crippen molar-refractivity contribution < 1.29 is 9.59 Å². The molecule has 1 N–H and O–H groups in total. The van der Waals surface area contributed by atoms with Gasteiger partial charge >= 0.3 is 0 Å². The van der Waals surface area contributed by atoms with E-state index in [2.05, 4.69) is 22.3 Å². The number of anilines is 1. The maximum Gasteiger partial charge on any atom is 0.236 e. The van der Waals surface area contributed by atoms with Crippen LogP contribution >= 0.6 is 0 Å². The highest BCUT2D eigenvalue weighted by atomic mass is 16.2. The van der Waals surface area contributed by atoms with Crippen molar-refractivity contribution in [2.45, 2.75) is 13.3 Å². The molecule has 0 unspecified atom stereocenters. The molecule has 0 bridgehead atoms. The molecular formula is C18H28N4O2. The lowest BCUT2D eigenvalue weighted by molar-refractivity contribution is -0.133. The van der Waals surface area contributed by atoms with Gasteiger partial charge in [-0.25, -0.2) is 0 Å². The Morgan fingerprint density at radius 3 is 2.38 bits per heavy atom. The van der Waals surface area contributed by atoms with E-state index in [4.69, 9.17) is 0 Å². The lowest BCUT2D eigenvalue weighted by atomic mass is 10.2. The van der Waals surface area contributed by atoms with Crippen molar-refractivity contribution in [1.82, 2.24) is 15.1 Å². The van der Waals surface area contributed by atoms with E-state index in [1.807, 2.05) is 37.1 Å². The number of nitrogens with one attached hydrogen (secondary N) is 1. The summed E-state index contributed by atoms with van der Waals surface area (Å²) in [6, 6.07) is 10.3. The molecule has 0 saturated carbocycles. The summed E-state index contributed by atoms with van der Waals surface area (Å²) < 4.78 is 0. The minimum Gasteiger partial charge on any atom is -0.368 e. The van der Waals surface area contributed by atoms with Gasteiger partial charge in [0.25, 0.3) is 0 Å². The summed E-state index contributed by atoms with van der Waals surface area (Å²) in [6.45, 7) is 6.38. The Kier molecular flexibility index (Phi) is 7.06. The lowest BCUT2D eigenvalue weighted by Crippen LogP contribution is -2.51. The number of rotatable bonds is 7. The molecule has 0 atom stereocenters. The Labute approximate surface area is 144 Å². The van der Waals surface area contributed by atoms with Crippen LogP contribution in [-0.2, 0) is 9.59 Å². The summed E-state index contributed by atoms with van der Waals surface area (Å²) in [6.07, 6.45) is 0.917. The molecule has 1 aromatic rings. The molecule has 1 aliphatic heterocycles. The van der Waals surface area contributed by atoms with Gasteiger partial charge in [0, 0.05) is 38.4 Å². The van der Waals surface area contributed by atoms with Crippen molar-refractivity contribution in [3.63, 3.8) is 0 Å². The van der Waals surface area contributed by atoms with Crippen LogP contribution in [0.2, 0.25) is 0 Å². The first-order valence-electron chi connectivity index (χ1n) is 8.63. The van der Waals surface area contributed by atoms with Crippen molar-refractivity contribution in [2.24, 2.45) is 0 Å². The normalized spacial score (nSPS) is 14.8. The van der Waals surface area contributed by atoms with Crippen molar-refractivity contribution in [3.8, 4) is 0 Å². The molecule has 6 nitrogen and oxygen atoms in total. The van der Waals surface area contributed by atoms with Gasteiger partial charge in [0.05, 0.1) is 13.1 Å². The Morgan fingerprint density at radius 1 is 1.08 bits per heavy atom. The van der Waals surface area contributed by atoms with Crippen molar-refractivity contribution in [2.75, 3.05) is 57.8 Å². The van der Waals surface area contributed by atoms with Crippen LogP contribution < -0.4 is 10.2 Å².